The SMILES string of the molecule is CCN(c1ccccc1)c1cc(NC2CC2)ncn1. The summed E-state index contributed by atoms with van der Waals surface area (Å²) in [5.41, 5.74) is 1.15. The number of hydrogen-bond acceptors (Lipinski definition) is 4. The Labute approximate surface area is 113 Å². The number of anilines is 3. The lowest BCUT2D eigenvalue weighted by Crippen LogP contribution is -2.18. The van der Waals surface area contributed by atoms with Crippen LogP contribution in [0.4, 0.5) is 17.3 Å². The predicted octanol–water partition coefficient (Wildman–Crippen LogP) is 3.21. The van der Waals surface area contributed by atoms with E-state index in [4.69, 9.17) is 0 Å². The molecule has 1 aromatic carbocycles. The van der Waals surface area contributed by atoms with Crippen LogP contribution >= 0.6 is 0 Å². The molecule has 0 amide bonds. The maximum absolute atomic E-state index is 4.39. The summed E-state index contributed by atoms with van der Waals surface area (Å²) in [6.45, 7) is 3.01. The van der Waals surface area contributed by atoms with Crippen molar-refractivity contribution in [3.8, 4) is 0 Å². The van der Waals surface area contributed by atoms with E-state index in [9.17, 15) is 0 Å². The second kappa shape index (κ2) is 5.26. The van der Waals surface area contributed by atoms with Crippen LogP contribution in [-0.2, 0) is 0 Å². The smallest absolute Gasteiger partial charge is 0.138 e. The minimum absolute atomic E-state index is 0.606. The number of benzene rings is 1. The van der Waals surface area contributed by atoms with Crippen molar-refractivity contribution in [3.63, 3.8) is 0 Å². The maximum atomic E-state index is 4.39. The molecule has 0 unspecified atom stereocenters. The first-order valence-corrected chi connectivity index (χ1v) is 6.78. The highest BCUT2D eigenvalue weighted by Gasteiger charge is 2.21. The molecule has 1 aromatic heterocycles. The van der Waals surface area contributed by atoms with E-state index in [-0.39, 0.29) is 0 Å². The van der Waals surface area contributed by atoms with Crippen LogP contribution in [0.2, 0.25) is 0 Å². The Kier molecular flexibility index (Phi) is 3.31. The van der Waals surface area contributed by atoms with Crippen LogP contribution in [0.5, 0.6) is 0 Å². The fourth-order valence-corrected chi connectivity index (χ4v) is 2.10. The molecule has 2 aromatic rings. The van der Waals surface area contributed by atoms with Gasteiger partial charge in [-0.3, -0.25) is 0 Å². The molecule has 4 nitrogen and oxygen atoms in total. The summed E-state index contributed by atoms with van der Waals surface area (Å²) in [6.07, 6.45) is 4.12. The summed E-state index contributed by atoms with van der Waals surface area (Å²) in [5.74, 6) is 1.86. The quantitative estimate of drug-likeness (QED) is 0.889. The molecule has 19 heavy (non-hydrogen) atoms. The number of hydrogen-bond donors (Lipinski definition) is 1. The highest BCUT2D eigenvalue weighted by Crippen LogP contribution is 2.27. The lowest BCUT2D eigenvalue weighted by Gasteiger charge is -2.22. The third-order valence-corrected chi connectivity index (χ3v) is 3.24. The van der Waals surface area contributed by atoms with Crippen LogP contribution in [0.1, 0.15) is 19.8 Å². The molecule has 1 saturated carbocycles. The molecule has 0 spiro atoms. The highest BCUT2D eigenvalue weighted by atomic mass is 15.2. The lowest BCUT2D eigenvalue weighted by molar-refractivity contribution is 0.971. The van der Waals surface area contributed by atoms with E-state index in [1.807, 2.05) is 24.3 Å². The van der Waals surface area contributed by atoms with Crippen LogP contribution in [0, 0.1) is 0 Å². The van der Waals surface area contributed by atoms with Crippen molar-refractivity contribution in [2.24, 2.45) is 0 Å². The lowest BCUT2D eigenvalue weighted by atomic mass is 10.3. The summed E-state index contributed by atoms with van der Waals surface area (Å²) in [7, 11) is 0. The zero-order valence-corrected chi connectivity index (χ0v) is 11.1. The van der Waals surface area contributed by atoms with Gasteiger partial charge in [-0.15, -0.1) is 0 Å². The Morgan fingerprint density at radius 3 is 2.68 bits per heavy atom. The Morgan fingerprint density at radius 1 is 1.21 bits per heavy atom. The van der Waals surface area contributed by atoms with Crippen molar-refractivity contribution >= 4 is 17.3 Å². The van der Waals surface area contributed by atoms with Gasteiger partial charge in [0.2, 0.25) is 0 Å². The van der Waals surface area contributed by atoms with Gasteiger partial charge in [0.15, 0.2) is 0 Å². The van der Waals surface area contributed by atoms with Crippen LogP contribution in [0.15, 0.2) is 42.7 Å². The molecule has 1 N–H and O–H groups in total. The van der Waals surface area contributed by atoms with E-state index in [0.717, 1.165) is 23.9 Å². The van der Waals surface area contributed by atoms with Gasteiger partial charge in [0.05, 0.1) is 0 Å². The van der Waals surface area contributed by atoms with Crippen molar-refractivity contribution in [2.75, 3.05) is 16.8 Å². The van der Waals surface area contributed by atoms with E-state index < -0.39 is 0 Å². The third kappa shape index (κ3) is 2.84. The van der Waals surface area contributed by atoms with E-state index in [2.05, 4.69) is 39.2 Å². The number of aromatic nitrogens is 2. The van der Waals surface area contributed by atoms with Crippen LogP contribution in [0.25, 0.3) is 0 Å². The maximum Gasteiger partial charge on any atom is 0.138 e. The van der Waals surface area contributed by atoms with E-state index >= 15 is 0 Å². The molecule has 1 heterocycles. The Bertz CT molecular complexity index is 537. The molecule has 3 rings (SSSR count). The molecule has 1 aliphatic rings. The van der Waals surface area contributed by atoms with Gasteiger partial charge in [0.1, 0.15) is 18.0 Å². The Balaban J connectivity index is 1.86. The summed E-state index contributed by atoms with van der Waals surface area (Å²) >= 11 is 0. The predicted molar refractivity (Wildman–Crippen MR) is 77.8 cm³/mol. The first kappa shape index (κ1) is 12.0. The monoisotopic (exact) mass is 254 g/mol. The Hall–Kier alpha value is -2.10. The molecular weight excluding hydrogens is 236 g/mol. The molecule has 0 saturated heterocycles. The summed E-state index contributed by atoms with van der Waals surface area (Å²) in [5, 5.41) is 3.41. The molecular formula is C15H18N4. The van der Waals surface area contributed by atoms with Gasteiger partial charge in [-0.25, -0.2) is 9.97 Å². The summed E-state index contributed by atoms with van der Waals surface area (Å²) in [4.78, 5) is 10.9. The molecule has 0 aliphatic heterocycles. The largest absolute Gasteiger partial charge is 0.367 e. The molecule has 0 radical (unpaired) electrons. The molecule has 0 atom stereocenters. The minimum atomic E-state index is 0.606. The van der Waals surface area contributed by atoms with Crippen LogP contribution in [-0.4, -0.2) is 22.6 Å². The average molecular weight is 254 g/mol. The second-order valence-corrected chi connectivity index (χ2v) is 4.76. The van der Waals surface area contributed by atoms with E-state index in [1.54, 1.807) is 6.33 Å². The topological polar surface area (TPSA) is 41.0 Å². The second-order valence-electron chi connectivity index (χ2n) is 4.76. The van der Waals surface area contributed by atoms with Gasteiger partial charge >= 0.3 is 0 Å². The van der Waals surface area contributed by atoms with Crippen LogP contribution < -0.4 is 10.2 Å². The first-order chi connectivity index (χ1) is 9.36. The van der Waals surface area contributed by atoms with Gasteiger partial charge in [-0.1, -0.05) is 18.2 Å². The van der Waals surface area contributed by atoms with Gasteiger partial charge in [-0.2, -0.15) is 0 Å². The van der Waals surface area contributed by atoms with Gasteiger partial charge in [0, 0.05) is 24.3 Å². The van der Waals surface area contributed by atoms with Crippen molar-refractivity contribution in [1.82, 2.24) is 9.97 Å². The van der Waals surface area contributed by atoms with E-state index in [1.165, 1.54) is 12.8 Å². The normalized spacial score (nSPS) is 14.2. The number of para-hydroxylation sites is 1. The zero-order chi connectivity index (χ0) is 13.1. The molecule has 98 valence electrons. The molecule has 4 heteroatoms. The van der Waals surface area contributed by atoms with Gasteiger partial charge < -0.3 is 10.2 Å². The van der Waals surface area contributed by atoms with Crippen molar-refractivity contribution < 1.29 is 0 Å². The number of nitrogens with one attached hydrogen (secondary N) is 1. The fourth-order valence-electron chi connectivity index (χ4n) is 2.10. The standard InChI is InChI=1S/C15H18N4/c1-2-19(13-6-4-3-5-7-13)15-10-14(16-11-17-15)18-12-8-9-12/h3-7,10-12H,2,8-9H2,1H3,(H,16,17,18). The van der Waals surface area contributed by atoms with Gasteiger partial charge in [-0.05, 0) is 31.9 Å². The van der Waals surface area contributed by atoms with Crippen molar-refractivity contribution in [1.29, 1.82) is 0 Å². The Morgan fingerprint density at radius 2 is 2.00 bits per heavy atom. The molecule has 0 bridgehead atoms. The highest BCUT2D eigenvalue weighted by molar-refractivity contribution is 5.62. The number of rotatable bonds is 5. The number of nitrogens with zero attached hydrogens (tertiary/aromatic N) is 3. The minimum Gasteiger partial charge on any atom is -0.367 e. The van der Waals surface area contributed by atoms with E-state index in [0.29, 0.717) is 6.04 Å². The average Bonchev–Trinajstić information content (AvgIpc) is 3.25. The molecule has 1 fully saturated rings. The first-order valence-electron chi connectivity index (χ1n) is 6.78. The zero-order valence-electron chi connectivity index (χ0n) is 11.1. The molecule has 1 aliphatic carbocycles. The van der Waals surface area contributed by atoms with Crippen molar-refractivity contribution in [3.05, 3.63) is 42.7 Å². The third-order valence-electron chi connectivity index (χ3n) is 3.24. The summed E-state index contributed by atoms with van der Waals surface area (Å²) in [6, 6.07) is 12.9. The fraction of sp³-hybridized carbons (Fsp3) is 0.333. The van der Waals surface area contributed by atoms with Crippen LogP contribution in [0.3, 0.4) is 0 Å². The van der Waals surface area contributed by atoms with Crippen molar-refractivity contribution in [2.45, 2.75) is 25.8 Å². The summed E-state index contributed by atoms with van der Waals surface area (Å²) < 4.78 is 0. The van der Waals surface area contributed by atoms with Gasteiger partial charge in [0.25, 0.3) is 0 Å².